The Bertz CT molecular complexity index is 3110. The number of hydrogen-bond donors (Lipinski definition) is 0. The van der Waals surface area contributed by atoms with E-state index in [0.717, 1.165) is 40.0 Å². The van der Waals surface area contributed by atoms with E-state index in [9.17, 15) is 0 Å². The number of furan rings is 1. The monoisotopic (exact) mass is 704 g/mol. The molecule has 1 unspecified atom stereocenters. The summed E-state index contributed by atoms with van der Waals surface area (Å²) >= 11 is 0. The van der Waals surface area contributed by atoms with Crippen LogP contribution in [0.5, 0.6) is 0 Å². The molecule has 1 atom stereocenters. The fourth-order valence-electron chi connectivity index (χ4n) is 8.77. The van der Waals surface area contributed by atoms with Gasteiger partial charge in [0.15, 0.2) is 0 Å². The molecule has 0 radical (unpaired) electrons. The van der Waals surface area contributed by atoms with Crippen molar-refractivity contribution < 1.29 is 4.42 Å². The zero-order chi connectivity index (χ0) is 36.3. The lowest BCUT2D eigenvalue weighted by atomic mass is 9.90. The van der Waals surface area contributed by atoms with Gasteiger partial charge in [-0.2, -0.15) is 0 Å². The number of fused-ring (bicyclic) bond motifs is 8. The Kier molecular flexibility index (Phi) is 7.31. The molecule has 0 bridgehead atoms. The van der Waals surface area contributed by atoms with E-state index >= 15 is 0 Å². The van der Waals surface area contributed by atoms with Crippen molar-refractivity contribution in [2.75, 3.05) is 4.90 Å². The van der Waals surface area contributed by atoms with Gasteiger partial charge in [0.1, 0.15) is 11.2 Å². The van der Waals surface area contributed by atoms with E-state index in [1.807, 2.05) is 6.07 Å². The van der Waals surface area contributed by atoms with Gasteiger partial charge in [-0.3, -0.25) is 0 Å². The fraction of sp³-hybridized carbons (Fsp3) is 0.0385. The van der Waals surface area contributed by atoms with Crippen molar-refractivity contribution in [2.24, 2.45) is 0 Å². The van der Waals surface area contributed by atoms with Crippen LogP contribution in [0.4, 0.5) is 11.4 Å². The third-order valence-electron chi connectivity index (χ3n) is 11.3. The average molecular weight is 705 g/mol. The van der Waals surface area contributed by atoms with E-state index in [0.29, 0.717) is 0 Å². The lowest BCUT2D eigenvalue weighted by molar-refractivity contribution is 0.669. The SMILES string of the molecule is C1=CC(N(c2ccc(-c3ccccc3)cc2)c2ccc3c4ccccc4n(-c4ccccc4)c3c2)CC=C1c1cc2oc3ccccc3c2c2ccccc12. The number of para-hydroxylation sites is 3. The van der Waals surface area contributed by atoms with Gasteiger partial charge in [-0.05, 0) is 94.1 Å². The summed E-state index contributed by atoms with van der Waals surface area (Å²) in [6, 6.07) is 65.5. The summed E-state index contributed by atoms with van der Waals surface area (Å²) in [6.07, 6.45) is 7.95. The second-order valence-electron chi connectivity index (χ2n) is 14.4. The molecule has 260 valence electrons. The molecule has 8 aromatic carbocycles. The molecule has 0 saturated carbocycles. The van der Waals surface area contributed by atoms with E-state index in [2.05, 4.69) is 204 Å². The molecule has 1 aliphatic rings. The molecule has 0 fully saturated rings. The van der Waals surface area contributed by atoms with Gasteiger partial charge in [-0.15, -0.1) is 0 Å². The van der Waals surface area contributed by atoms with Crippen LogP contribution in [-0.4, -0.2) is 10.6 Å². The maximum Gasteiger partial charge on any atom is 0.136 e. The molecule has 55 heavy (non-hydrogen) atoms. The molecule has 1 aliphatic carbocycles. The summed E-state index contributed by atoms with van der Waals surface area (Å²) in [4.78, 5) is 2.51. The quantitative estimate of drug-likeness (QED) is 0.172. The van der Waals surface area contributed by atoms with Crippen LogP contribution in [0.1, 0.15) is 12.0 Å². The van der Waals surface area contributed by atoms with Gasteiger partial charge in [-0.25, -0.2) is 0 Å². The Morgan fingerprint density at radius 1 is 0.491 bits per heavy atom. The van der Waals surface area contributed by atoms with Crippen molar-refractivity contribution in [3.8, 4) is 16.8 Å². The summed E-state index contributed by atoms with van der Waals surface area (Å²) in [5.74, 6) is 0. The highest BCUT2D eigenvalue weighted by Gasteiger charge is 2.24. The number of hydrogen-bond acceptors (Lipinski definition) is 2. The van der Waals surface area contributed by atoms with Gasteiger partial charge in [0.2, 0.25) is 0 Å². The number of aromatic nitrogens is 1. The van der Waals surface area contributed by atoms with Gasteiger partial charge in [0.05, 0.1) is 17.1 Å². The molecule has 11 rings (SSSR count). The minimum absolute atomic E-state index is 0.0968. The highest BCUT2D eigenvalue weighted by molar-refractivity contribution is 6.21. The van der Waals surface area contributed by atoms with Crippen LogP contribution in [0.3, 0.4) is 0 Å². The summed E-state index contributed by atoms with van der Waals surface area (Å²) in [7, 11) is 0. The predicted molar refractivity (Wildman–Crippen MR) is 232 cm³/mol. The first-order chi connectivity index (χ1) is 27.3. The second-order valence-corrected chi connectivity index (χ2v) is 14.4. The van der Waals surface area contributed by atoms with Crippen LogP contribution in [0, 0.1) is 0 Å². The van der Waals surface area contributed by atoms with Gasteiger partial charge >= 0.3 is 0 Å². The third-order valence-corrected chi connectivity index (χ3v) is 11.3. The molecule has 3 heteroatoms. The number of rotatable bonds is 6. The Labute approximate surface area is 319 Å². The summed E-state index contributed by atoms with van der Waals surface area (Å²) < 4.78 is 8.85. The zero-order valence-electron chi connectivity index (χ0n) is 30.1. The Morgan fingerprint density at radius 3 is 1.91 bits per heavy atom. The van der Waals surface area contributed by atoms with Crippen LogP contribution in [0.15, 0.2) is 205 Å². The molecule has 2 heterocycles. The number of allylic oxidation sites excluding steroid dienone is 2. The lowest BCUT2D eigenvalue weighted by Gasteiger charge is -2.33. The van der Waals surface area contributed by atoms with Crippen LogP contribution in [-0.2, 0) is 0 Å². The summed E-state index contributed by atoms with van der Waals surface area (Å²) in [6.45, 7) is 0. The molecule has 0 spiro atoms. The molecular weight excluding hydrogens is 669 g/mol. The molecule has 10 aromatic rings. The smallest absolute Gasteiger partial charge is 0.136 e. The Morgan fingerprint density at radius 2 is 1.13 bits per heavy atom. The normalized spacial score (nSPS) is 14.3. The second kappa shape index (κ2) is 12.8. The van der Waals surface area contributed by atoms with Crippen LogP contribution >= 0.6 is 0 Å². The van der Waals surface area contributed by atoms with E-state index in [4.69, 9.17) is 4.42 Å². The first kappa shape index (κ1) is 31.4. The van der Waals surface area contributed by atoms with Crippen molar-refractivity contribution in [1.82, 2.24) is 4.57 Å². The van der Waals surface area contributed by atoms with Crippen LogP contribution < -0.4 is 4.90 Å². The van der Waals surface area contributed by atoms with Gasteiger partial charge in [-0.1, -0.05) is 146 Å². The zero-order valence-corrected chi connectivity index (χ0v) is 30.1. The van der Waals surface area contributed by atoms with Crippen molar-refractivity contribution in [3.05, 3.63) is 206 Å². The molecule has 0 aliphatic heterocycles. The van der Waals surface area contributed by atoms with Crippen molar-refractivity contribution >= 4 is 71.5 Å². The Balaban J connectivity index is 1.04. The summed E-state index contributed by atoms with van der Waals surface area (Å²) in [5.41, 5.74) is 12.5. The van der Waals surface area contributed by atoms with Crippen LogP contribution in [0.25, 0.3) is 76.9 Å². The van der Waals surface area contributed by atoms with Crippen LogP contribution in [0.2, 0.25) is 0 Å². The largest absolute Gasteiger partial charge is 0.456 e. The minimum Gasteiger partial charge on any atom is -0.456 e. The molecule has 3 nitrogen and oxygen atoms in total. The molecule has 0 amide bonds. The van der Waals surface area contributed by atoms with E-state index in [1.165, 1.54) is 60.2 Å². The average Bonchev–Trinajstić information content (AvgIpc) is 3.80. The van der Waals surface area contributed by atoms with Crippen molar-refractivity contribution in [2.45, 2.75) is 12.5 Å². The molecule has 2 aromatic heterocycles. The number of benzene rings is 8. The van der Waals surface area contributed by atoms with Crippen molar-refractivity contribution in [1.29, 1.82) is 0 Å². The first-order valence-electron chi connectivity index (χ1n) is 19.0. The molecular formula is C52H36N2O. The van der Waals surface area contributed by atoms with Crippen molar-refractivity contribution in [3.63, 3.8) is 0 Å². The van der Waals surface area contributed by atoms with E-state index in [-0.39, 0.29) is 6.04 Å². The molecule has 0 N–H and O–H groups in total. The standard InChI is InChI=1S/C52H36N2O/c1-3-13-35(14-4-1)36-23-27-39(28-24-36)53(41-31-32-44-43-18-9-11-21-48(43)54(49(44)33-41)38-15-5-2-6-16-38)40-29-25-37(26-30-40)47-34-51-52(45-19-8-7-17-42(45)47)46-20-10-12-22-50(46)55-51/h1-29,31-34,40H,30H2. The van der Waals surface area contributed by atoms with Gasteiger partial charge < -0.3 is 13.9 Å². The molecule has 0 saturated heterocycles. The third kappa shape index (κ3) is 5.20. The fourth-order valence-corrected chi connectivity index (χ4v) is 8.77. The highest BCUT2D eigenvalue weighted by atomic mass is 16.3. The number of anilines is 2. The minimum atomic E-state index is 0.0968. The van der Waals surface area contributed by atoms with Gasteiger partial charge in [0, 0.05) is 38.6 Å². The number of nitrogens with zero attached hydrogens (tertiary/aromatic N) is 2. The Hall–Kier alpha value is -7.10. The summed E-state index contributed by atoms with van der Waals surface area (Å²) in [5, 5.41) is 7.30. The maximum atomic E-state index is 6.45. The van der Waals surface area contributed by atoms with Gasteiger partial charge in [0.25, 0.3) is 0 Å². The maximum absolute atomic E-state index is 6.45. The highest BCUT2D eigenvalue weighted by Crippen LogP contribution is 2.42. The van der Waals surface area contributed by atoms with E-state index in [1.54, 1.807) is 0 Å². The predicted octanol–water partition coefficient (Wildman–Crippen LogP) is 14.1. The topological polar surface area (TPSA) is 21.3 Å². The lowest BCUT2D eigenvalue weighted by Crippen LogP contribution is -2.30. The van der Waals surface area contributed by atoms with E-state index < -0.39 is 0 Å². The first-order valence-corrected chi connectivity index (χ1v) is 19.0.